The van der Waals surface area contributed by atoms with Crippen LogP contribution in [-0.4, -0.2) is 37.9 Å². The fourth-order valence-electron chi connectivity index (χ4n) is 3.56. The third-order valence-corrected chi connectivity index (χ3v) is 7.94. The predicted molar refractivity (Wildman–Crippen MR) is 120 cm³/mol. The summed E-state index contributed by atoms with van der Waals surface area (Å²) in [6.07, 6.45) is 2.96. The second-order valence-electron chi connectivity index (χ2n) is 7.19. The zero-order valence-corrected chi connectivity index (χ0v) is 18.5. The maximum atomic E-state index is 12.8. The lowest BCUT2D eigenvalue weighted by Gasteiger charge is -2.25. The normalized spacial score (nSPS) is 15.1. The third kappa shape index (κ3) is 4.50. The van der Waals surface area contributed by atoms with Gasteiger partial charge < -0.3 is 10.1 Å². The fourth-order valence-corrected chi connectivity index (χ4v) is 5.80. The summed E-state index contributed by atoms with van der Waals surface area (Å²) in [7, 11) is -1.75. The maximum Gasteiger partial charge on any atom is 0.243 e. The molecule has 2 aromatic carbocycles. The van der Waals surface area contributed by atoms with Crippen molar-refractivity contribution in [2.24, 2.45) is 0 Å². The molecule has 8 heteroatoms. The van der Waals surface area contributed by atoms with Crippen LogP contribution in [0.5, 0.6) is 5.75 Å². The Morgan fingerprint density at radius 1 is 1.07 bits per heavy atom. The number of nitrogens with zero attached hydrogens (tertiary/aromatic N) is 2. The van der Waals surface area contributed by atoms with Crippen LogP contribution in [0.3, 0.4) is 0 Å². The van der Waals surface area contributed by atoms with Gasteiger partial charge in [-0.05, 0) is 31.0 Å². The highest BCUT2D eigenvalue weighted by molar-refractivity contribution is 7.89. The van der Waals surface area contributed by atoms with Crippen LogP contribution in [0, 0.1) is 0 Å². The second kappa shape index (κ2) is 9.16. The number of aromatic nitrogens is 1. The number of anilines is 1. The minimum atomic E-state index is -3.41. The number of benzene rings is 2. The second-order valence-corrected chi connectivity index (χ2v) is 9.99. The van der Waals surface area contributed by atoms with Crippen LogP contribution in [0.4, 0.5) is 5.13 Å². The van der Waals surface area contributed by atoms with E-state index in [1.54, 1.807) is 23.5 Å². The van der Waals surface area contributed by atoms with Crippen molar-refractivity contribution >= 4 is 26.5 Å². The molecule has 0 atom stereocenters. The molecular formula is C22H25N3O3S2. The zero-order valence-electron chi connectivity index (χ0n) is 16.9. The molecule has 0 amide bonds. The van der Waals surface area contributed by atoms with Gasteiger partial charge in [0.25, 0.3) is 0 Å². The molecule has 0 radical (unpaired) electrons. The highest BCUT2D eigenvalue weighted by Gasteiger charge is 2.25. The Kier molecular flexibility index (Phi) is 6.36. The highest BCUT2D eigenvalue weighted by Crippen LogP contribution is 2.28. The van der Waals surface area contributed by atoms with Gasteiger partial charge in [-0.2, -0.15) is 4.31 Å². The molecule has 158 valence electrons. The van der Waals surface area contributed by atoms with Gasteiger partial charge in [0, 0.05) is 36.1 Å². The Morgan fingerprint density at radius 2 is 1.80 bits per heavy atom. The summed E-state index contributed by atoms with van der Waals surface area (Å²) in [5.74, 6) is 0.840. The molecule has 30 heavy (non-hydrogen) atoms. The summed E-state index contributed by atoms with van der Waals surface area (Å²) in [4.78, 5) is 4.98. The average Bonchev–Trinajstić information content (AvgIpc) is 3.27. The molecule has 4 rings (SSSR count). The molecule has 0 unspecified atom stereocenters. The van der Waals surface area contributed by atoms with Gasteiger partial charge in [0.2, 0.25) is 10.0 Å². The summed E-state index contributed by atoms with van der Waals surface area (Å²) < 4.78 is 32.6. The van der Waals surface area contributed by atoms with Crippen LogP contribution < -0.4 is 10.1 Å². The minimum Gasteiger partial charge on any atom is -0.496 e. The van der Waals surface area contributed by atoms with Crippen molar-refractivity contribution in [1.29, 1.82) is 0 Å². The van der Waals surface area contributed by atoms with Gasteiger partial charge in [-0.25, -0.2) is 13.4 Å². The molecule has 1 aromatic heterocycles. The van der Waals surface area contributed by atoms with E-state index in [0.29, 0.717) is 24.5 Å². The van der Waals surface area contributed by atoms with E-state index in [1.807, 2.05) is 41.8 Å². The number of para-hydroxylation sites is 1. The maximum absolute atomic E-state index is 12.8. The van der Waals surface area contributed by atoms with Crippen molar-refractivity contribution in [3.05, 3.63) is 59.5 Å². The number of hydrogen-bond acceptors (Lipinski definition) is 6. The smallest absolute Gasteiger partial charge is 0.243 e. The molecule has 1 N–H and O–H groups in total. The average molecular weight is 444 g/mol. The van der Waals surface area contributed by atoms with Crippen molar-refractivity contribution < 1.29 is 13.2 Å². The molecule has 1 aliphatic heterocycles. The first kappa shape index (κ1) is 20.8. The lowest BCUT2D eigenvalue weighted by Crippen LogP contribution is -2.35. The lowest BCUT2D eigenvalue weighted by molar-refractivity contribution is 0.346. The molecule has 1 fully saturated rings. The largest absolute Gasteiger partial charge is 0.496 e. The molecular weight excluding hydrogens is 418 g/mol. The van der Waals surface area contributed by atoms with Gasteiger partial charge in [-0.15, -0.1) is 11.3 Å². The Morgan fingerprint density at radius 3 is 2.53 bits per heavy atom. The topological polar surface area (TPSA) is 71.5 Å². The quantitative estimate of drug-likeness (QED) is 0.578. The molecule has 0 aliphatic carbocycles. The first-order valence-corrected chi connectivity index (χ1v) is 12.3. The Hall–Kier alpha value is -2.42. The van der Waals surface area contributed by atoms with E-state index in [-0.39, 0.29) is 0 Å². The van der Waals surface area contributed by atoms with Gasteiger partial charge in [0.1, 0.15) is 5.75 Å². The number of hydrogen-bond donors (Lipinski definition) is 1. The van der Waals surface area contributed by atoms with E-state index >= 15 is 0 Å². The number of nitrogens with one attached hydrogen (secondary N) is 1. The van der Waals surface area contributed by atoms with E-state index in [1.165, 1.54) is 11.3 Å². The number of piperidine rings is 1. The first-order valence-electron chi connectivity index (χ1n) is 10.00. The number of ether oxygens (including phenoxy) is 1. The molecule has 0 saturated carbocycles. The Balaban J connectivity index is 1.44. The summed E-state index contributed by atoms with van der Waals surface area (Å²) in [6, 6.07) is 14.9. The summed E-state index contributed by atoms with van der Waals surface area (Å²) >= 11 is 1.52. The third-order valence-electron chi connectivity index (χ3n) is 5.23. The van der Waals surface area contributed by atoms with Crippen LogP contribution in [0.15, 0.2) is 58.8 Å². The molecule has 1 saturated heterocycles. The van der Waals surface area contributed by atoms with Crippen LogP contribution >= 0.6 is 11.3 Å². The van der Waals surface area contributed by atoms with Crippen molar-refractivity contribution in [2.45, 2.75) is 30.7 Å². The highest BCUT2D eigenvalue weighted by atomic mass is 32.2. The molecule has 2 heterocycles. The Labute approximate surface area is 181 Å². The molecule has 3 aromatic rings. The van der Waals surface area contributed by atoms with E-state index in [2.05, 4.69) is 10.3 Å². The first-order chi connectivity index (χ1) is 14.6. The summed E-state index contributed by atoms with van der Waals surface area (Å²) in [5.41, 5.74) is 2.78. The minimum absolute atomic E-state index is 0.345. The molecule has 0 spiro atoms. The van der Waals surface area contributed by atoms with Crippen molar-refractivity contribution in [1.82, 2.24) is 9.29 Å². The van der Waals surface area contributed by atoms with E-state index in [4.69, 9.17) is 4.74 Å². The van der Waals surface area contributed by atoms with Crippen molar-refractivity contribution in [2.75, 3.05) is 25.5 Å². The number of sulfonamides is 1. The molecule has 1 aliphatic rings. The van der Waals surface area contributed by atoms with Gasteiger partial charge >= 0.3 is 0 Å². The number of methoxy groups -OCH3 is 1. The standard InChI is InChI=1S/C22H25N3O3S2/c1-28-21-8-4-3-7-18(21)15-23-22-24-20(16-29-22)17-9-11-19(12-10-17)30(26,27)25-13-5-2-6-14-25/h3-4,7-12,16H,2,5-6,13-15H2,1H3,(H,23,24). The number of thiazole rings is 1. The van der Waals surface area contributed by atoms with Crippen LogP contribution in [-0.2, 0) is 16.6 Å². The zero-order chi connectivity index (χ0) is 21.0. The van der Waals surface area contributed by atoms with Crippen molar-refractivity contribution in [3.63, 3.8) is 0 Å². The summed E-state index contributed by atoms with van der Waals surface area (Å²) in [5, 5.41) is 6.11. The summed E-state index contributed by atoms with van der Waals surface area (Å²) in [6.45, 7) is 1.83. The van der Waals surface area contributed by atoms with E-state index < -0.39 is 10.0 Å². The number of rotatable bonds is 7. The van der Waals surface area contributed by atoms with Gasteiger partial charge in [0.05, 0.1) is 17.7 Å². The predicted octanol–water partition coefficient (Wildman–Crippen LogP) is 4.61. The van der Waals surface area contributed by atoms with Gasteiger partial charge in [-0.3, -0.25) is 0 Å². The SMILES string of the molecule is COc1ccccc1CNc1nc(-c2ccc(S(=O)(=O)N3CCCCC3)cc2)cs1. The van der Waals surface area contributed by atoms with Crippen molar-refractivity contribution in [3.8, 4) is 17.0 Å². The monoisotopic (exact) mass is 443 g/mol. The van der Waals surface area contributed by atoms with Gasteiger partial charge in [0.15, 0.2) is 5.13 Å². The van der Waals surface area contributed by atoms with E-state index in [9.17, 15) is 8.42 Å². The van der Waals surface area contributed by atoms with Crippen LogP contribution in [0.2, 0.25) is 0 Å². The van der Waals surface area contributed by atoms with E-state index in [0.717, 1.165) is 47.0 Å². The Bertz CT molecular complexity index is 1090. The molecule has 0 bridgehead atoms. The van der Waals surface area contributed by atoms with Gasteiger partial charge in [-0.1, -0.05) is 36.8 Å². The molecule has 6 nitrogen and oxygen atoms in total. The lowest BCUT2D eigenvalue weighted by atomic mass is 10.2. The van der Waals surface area contributed by atoms with Crippen LogP contribution in [0.25, 0.3) is 11.3 Å². The van der Waals surface area contributed by atoms with Crippen LogP contribution in [0.1, 0.15) is 24.8 Å². The fraction of sp³-hybridized carbons (Fsp3) is 0.318.